The van der Waals surface area contributed by atoms with Gasteiger partial charge in [0.05, 0.1) is 11.6 Å². The van der Waals surface area contributed by atoms with E-state index >= 15 is 0 Å². The van der Waals surface area contributed by atoms with Gasteiger partial charge in [0.1, 0.15) is 0 Å². The van der Waals surface area contributed by atoms with Crippen LogP contribution in [0.2, 0.25) is 0 Å². The summed E-state index contributed by atoms with van der Waals surface area (Å²) in [6.45, 7) is 0. The van der Waals surface area contributed by atoms with Crippen molar-refractivity contribution in [3.8, 4) is 5.88 Å². The third-order valence-electron chi connectivity index (χ3n) is 1.43. The number of aromatic amines is 1. The van der Waals surface area contributed by atoms with Crippen molar-refractivity contribution < 1.29 is 13.5 Å². The molecule has 0 saturated heterocycles. The van der Waals surface area contributed by atoms with E-state index in [9.17, 15) is 13.6 Å². The summed E-state index contributed by atoms with van der Waals surface area (Å²) in [6.07, 6.45) is -2.70. The summed E-state index contributed by atoms with van der Waals surface area (Å²) < 4.78 is 29.0. The molecule has 0 aromatic carbocycles. The van der Waals surface area contributed by atoms with E-state index in [1.165, 1.54) is 7.11 Å². The maximum absolute atomic E-state index is 12.3. The third-order valence-corrected chi connectivity index (χ3v) is 2.25. The van der Waals surface area contributed by atoms with Crippen LogP contribution in [0.4, 0.5) is 8.78 Å². The largest absolute Gasteiger partial charge is 0.482 e. The molecule has 13 heavy (non-hydrogen) atoms. The standard InChI is InChI=1S/C7H6BrF2NO2/c1-13-4-2-3(6(9)10)5(8)7(12)11-4/h2,6H,1H3,(H,11,12). The molecule has 3 nitrogen and oxygen atoms in total. The fourth-order valence-electron chi connectivity index (χ4n) is 0.807. The topological polar surface area (TPSA) is 42.1 Å². The zero-order valence-corrected chi connectivity index (χ0v) is 8.19. The van der Waals surface area contributed by atoms with E-state index in [4.69, 9.17) is 0 Å². The molecule has 0 amide bonds. The molecule has 0 radical (unpaired) electrons. The number of nitrogens with one attached hydrogen (secondary N) is 1. The number of hydrogen-bond acceptors (Lipinski definition) is 2. The predicted molar refractivity (Wildman–Crippen MR) is 46.3 cm³/mol. The van der Waals surface area contributed by atoms with Crippen molar-refractivity contribution in [3.05, 3.63) is 26.5 Å². The van der Waals surface area contributed by atoms with Gasteiger partial charge in [-0.3, -0.25) is 9.78 Å². The summed E-state index contributed by atoms with van der Waals surface area (Å²) in [5.41, 5.74) is -1.00. The van der Waals surface area contributed by atoms with E-state index < -0.39 is 12.0 Å². The monoisotopic (exact) mass is 253 g/mol. The molecule has 0 fully saturated rings. The van der Waals surface area contributed by atoms with Gasteiger partial charge in [0.2, 0.25) is 0 Å². The normalized spacial score (nSPS) is 10.5. The van der Waals surface area contributed by atoms with E-state index in [2.05, 4.69) is 25.7 Å². The smallest absolute Gasteiger partial charge is 0.265 e. The Balaban J connectivity index is 3.33. The molecule has 0 unspecified atom stereocenters. The third kappa shape index (κ3) is 2.06. The second-order valence-corrected chi connectivity index (χ2v) is 3.03. The van der Waals surface area contributed by atoms with Crippen molar-refractivity contribution >= 4 is 15.9 Å². The molecule has 0 atom stereocenters. The van der Waals surface area contributed by atoms with Gasteiger partial charge in [0, 0.05) is 11.6 Å². The van der Waals surface area contributed by atoms with Gasteiger partial charge in [-0.15, -0.1) is 0 Å². The van der Waals surface area contributed by atoms with Gasteiger partial charge < -0.3 is 4.74 Å². The highest BCUT2D eigenvalue weighted by Gasteiger charge is 2.15. The Labute approximate surface area is 80.9 Å². The zero-order chi connectivity index (χ0) is 10.0. The van der Waals surface area contributed by atoms with Gasteiger partial charge in [-0.05, 0) is 15.9 Å². The van der Waals surface area contributed by atoms with Gasteiger partial charge in [-0.1, -0.05) is 0 Å². The molecule has 0 bridgehead atoms. The van der Waals surface area contributed by atoms with Crippen LogP contribution in [0, 0.1) is 0 Å². The number of methoxy groups -OCH3 is 1. The number of rotatable bonds is 2. The first-order valence-electron chi connectivity index (χ1n) is 3.31. The Hall–Kier alpha value is -0.910. The highest BCUT2D eigenvalue weighted by Crippen LogP contribution is 2.26. The SMILES string of the molecule is COc1cc(C(F)F)c(Br)c(=O)[nH]1. The van der Waals surface area contributed by atoms with Crippen molar-refractivity contribution in [3.63, 3.8) is 0 Å². The summed E-state index contributed by atoms with van der Waals surface area (Å²) in [5, 5.41) is 0. The average Bonchev–Trinajstić information content (AvgIpc) is 2.09. The Morgan fingerprint density at radius 3 is 2.69 bits per heavy atom. The minimum Gasteiger partial charge on any atom is -0.482 e. The Morgan fingerprint density at radius 2 is 2.23 bits per heavy atom. The highest BCUT2D eigenvalue weighted by molar-refractivity contribution is 9.10. The van der Waals surface area contributed by atoms with Crippen molar-refractivity contribution in [2.75, 3.05) is 7.11 Å². The number of halogens is 3. The van der Waals surface area contributed by atoms with Crippen LogP contribution < -0.4 is 10.3 Å². The minimum atomic E-state index is -2.70. The molecule has 6 heteroatoms. The van der Waals surface area contributed by atoms with Crippen molar-refractivity contribution in [2.45, 2.75) is 6.43 Å². The number of H-pyrrole nitrogens is 1. The molecule has 72 valence electrons. The number of alkyl halides is 2. The van der Waals surface area contributed by atoms with E-state index in [1.807, 2.05) is 0 Å². The van der Waals surface area contributed by atoms with Crippen molar-refractivity contribution in [1.29, 1.82) is 0 Å². The first-order valence-corrected chi connectivity index (χ1v) is 4.10. The molecular weight excluding hydrogens is 248 g/mol. The van der Waals surface area contributed by atoms with Crippen LogP contribution in [0.1, 0.15) is 12.0 Å². The molecule has 1 aromatic rings. The average molecular weight is 254 g/mol. The van der Waals surface area contributed by atoms with Crippen LogP contribution in [0.15, 0.2) is 15.3 Å². The second kappa shape index (κ2) is 3.87. The number of ether oxygens (including phenoxy) is 1. The van der Waals surface area contributed by atoms with Crippen LogP contribution in [0.3, 0.4) is 0 Å². The maximum Gasteiger partial charge on any atom is 0.265 e. The van der Waals surface area contributed by atoms with Crippen molar-refractivity contribution in [1.82, 2.24) is 4.98 Å². The summed E-state index contributed by atoms with van der Waals surface area (Å²) in [7, 11) is 1.29. The van der Waals surface area contributed by atoms with E-state index in [0.29, 0.717) is 0 Å². The Bertz CT molecular complexity index is 364. The molecule has 0 spiro atoms. The Morgan fingerprint density at radius 1 is 1.62 bits per heavy atom. The number of pyridine rings is 1. The fourth-order valence-corrected chi connectivity index (χ4v) is 1.19. The second-order valence-electron chi connectivity index (χ2n) is 2.24. The molecule has 1 rings (SSSR count). The lowest BCUT2D eigenvalue weighted by atomic mass is 10.3. The van der Waals surface area contributed by atoms with Crippen LogP contribution in [0.5, 0.6) is 5.88 Å². The molecule has 0 aliphatic carbocycles. The lowest BCUT2D eigenvalue weighted by Crippen LogP contribution is -2.10. The van der Waals surface area contributed by atoms with Gasteiger partial charge in [0.15, 0.2) is 5.88 Å². The predicted octanol–water partition coefficient (Wildman–Crippen LogP) is 2.08. The van der Waals surface area contributed by atoms with Gasteiger partial charge in [0.25, 0.3) is 12.0 Å². The van der Waals surface area contributed by atoms with Crippen molar-refractivity contribution in [2.24, 2.45) is 0 Å². The summed E-state index contributed by atoms with van der Waals surface area (Å²) >= 11 is 2.76. The fraction of sp³-hybridized carbons (Fsp3) is 0.286. The quantitative estimate of drug-likeness (QED) is 0.877. The highest BCUT2D eigenvalue weighted by atomic mass is 79.9. The van der Waals surface area contributed by atoms with Gasteiger partial charge in [-0.25, -0.2) is 8.78 Å². The van der Waals surface area contributed by atoms with E-state index in [0.717, 1.165) is 6.07 Å². The van der Waals surface area contributed by atoms with Crippen LogP contribution in [-0.4, -0.2) is 12.1 Å². The first-order chi connectivity index (χ1) is 6.06. The van der Waals surface area contributed by atoms with Crippen LogP contribution in [0.25, 0.3) is 0 Å². The maximum atomic E-state index is 12.3. The summed E-state index contributed by atoms with van der Waals surface area (Å²) in [5.74, 6) is 0.0171. The van der Waals surface area contributed by atoms with Crippen LogP contribution >= 0.6 is 15.9 Å². The van der Waals surface area contributed by atoms with E-state index in [1.54, 1.807) is 0 Å². The Kier molecular flexibility index (Phi) is 3.02. The minimum absolute atomic E-state index is 0.0171. The lowest BCUT2D eigenvalue weighted by molar-refractivity contribution is 0.149. The molecule has 0 aliphatic heterocycles. The van der Waals surface area contributed by atoms with E-state index in [-0.39, 0.29) is 15.9 Å². The summed E-state index contributed by atoms with van der Waals surface area (Å²) in [4.78, 5) is 13.3. The molecule has 0 aliphatic rings. The molecule has 1 N–H and O–H groups in total. The van der Waals surface area contributed by atoms with Gasteiger partial charge >= 0.3 is 0 Å². The lowest BCUT2D eigenvalue weighted by Gasteiger charge is -2.04. The summed E-state index contributed by atoms with van der Waals surface area (Å²) in [6, 6.07) is 1.08. The number of aromatic nitrogens is 1. The first kappa shape index (κ1) is 10.2. The molecule has 1 aromatic heterocycles. The van der Waals surface area contributed by atoms with Gasteiger partial charge in [-0.2, -0.15) is 0 Å². The zero-order valence-electron chi connectivity index (χ0n) is 6.61. The molecule has 1 heterocycles. The molecule has 0 saturated carbocycles. The number of hydrogen-bond donors (Lipinski definition) is 1. The molecular formula is C7H6BrF2NO2. The van der Waals surface area contributed by atoms with Crippen LogP contribution in [-0.2, 0) is 0 Å².